The molecule has 0 unspecified atom stereocenters. The summed E-state index contributed by atoms with van der Waals surface area (Å²) < 4.78 is 0. The number of nitrogens with zero attached hydrogens (tertiary/aromatic N) is 1. The highest BCUT2D eigenvalue weighted by atomic mass is 14.7. The Hall–Kier alpha value is -1.63. The van der Waals surface area contributed by atoms with Crippen LogP contribution >= 0.6 is 0 Å². The highest BCUT2D eigenvalue weighted by Gasteiger charge is 2.19. The molecule has 1 aromatic heterocycles. The van der Waals surface area contributed by atoms with Crippen molar-refractivity contribution in [2.24, 2.45) is 5.92 Å². The minimum absolute atomic E-state index is 0.877. The molecule has 0 spiro atoms. The Morgan fingerprint density at radius 1 is 0.767 bits per heavy atom. The lowest BCUT2D eigenvalue weighted by Crippen LogP contribution is -2.15. The zero-order valence-electron chi connectivity index (χ0n) is 19.6. The van der Waals surface area contributed by atoms with E-state index in [-0.39, 0.29) is 0 Å². The molecule has 0 saturated heterocycles. The van der Waals surface area contributed by atoms with Crippen LogP contribution in [0.3, 0.4) is 0 Å². The third-order valence-electron chi connectivity index (χ3n) is 6.90. The summed E-state index contributed by atoms with van der Waals surface area (Å²) in [6.07, 6.45) is 20.1. The zero-order chi connectivity index (χ0) is 21.0. The molecular formula is C29H43N. The number of aryl methyl sites for hydroxylation is 2. The van der Waals surface area contributed by atoms with Crippen molar-refractivity contribution in [1.82, 2.24) is 4.98 Å². The number of benzene rings is 1. The maximum Gasteiger partial charge on any atom is 0.0705 e. The second kappa shape index (κ2) is 12.9. The van der Waals surface area contributed by atoms with E-state index in [2.05, 4.69) is 50.2 Å². The number of aromatic nitrogens is 1. The number of rotatable bonds is 13. The number of unbranched alkanes of at least 4 members (excludes halogenated alkanes) is 8. The second-order valence-electron chi connectivity index (χ2n) is 9.48. The zero-order valence-corrected chi connectivity index (χ0v) is 19.6. The molecule has 1 atom stereocenters. The van der Waals surface area contributed by atoms with Gasteiger partial charge < -0.3 is 0 Å². The fraction of sp³-hybridized carbons (Fsp3) is 0.621. The van der Waals surface area contributed by atoms with Crippen LogP contribution in [-0.4, -0.2) is 4.98 Å². The van der Waals surface area contributed by atoms with Crippen LogP contribution in [0.1, 0.15) is 108 Å². The Labute approximate surface area is 185 Å². The van der Waals surface area contributed by atoms with Gasteiger partial charge in [0, 0.05) is 11.3 Å². The number of hydrogen-bond donors (Lipinski definition) is 0. The van der Waals surface area contributed by atoms with Crippen molar-refractivity contribution in [2.75, 3.05) is 0 Å². The van der Waals surface area contributed by atoms with Gasteiger partial charge in [0.15, 0.2) is 0 Å². The molecular weight excluding hydrogens is 362 g/mol. The predicted molar refractivity (Wildman–Crippen MR) is 131 cm³/mol. The summed E-state index contributed by atoms with van der Waals surface area (Å²) >= 11 is 0. The summed E-state index contributed by atoms with van der Waals surface area (Å²) in [4.78, 5) is 5.06. The molecule has 1 aromatic carbocycles. The van der Waals surface area contributed by atoms with Gasteiger partial charge in [-0.1, -0.05) is 108 Å². The van der Waals surface area contributed by atoms with Gasteiger partial charge in [-0.3, -0.25) is 4.98 Å². The number of hydrogen-bond acceptors (Lipinski definition) is 1. The van der Waals surface area contributed by atoms with Gasteiger partial charge in [0.05, 0.1) is 5.69 Å². The Balaban J connectivity index is 1.47. The molecule has 0 saturated carbocycles. The summed E-state index contributed by atoms with van der Waals surface area (Å²) in [7, 11) is 0. The van der Waals surface area contributed by atoms with E-state index in [1.807, 2.05) is 0 Å². The average molecular weight is 406 g/mol. The molecule has 0 amide bonds. The van der Waals surface area contributed by atoms with Gasteiger partial charge in [-0.15, -0.1) is 0 Å². The van der Waals surface area contributed by atoms with Crippen LogP contribution in [0.25, 0.3) is 11.3 Å². The Morgan fingerprint density at radius 3 is 2.23 bits per heavy atom. The van der Waals surface area contributed by atoms with Crippen molar-refractivity contribution in [2.45, 2.75) is 110 Å². The lowest BCUT2D eigenvalue weighted by atomic mass is 9.83. The summed E-state index contributed by atoms with van der Waals surface area (Å²) in [5.74, 6) is 0.877. The average Bonchev–Trinajstić information content (AvgIpc) is 2.79. The molecule has 0 fully saturated rings. The maximum atomic E-state index is 5.06. The monoisotopic (exact) mass is 405 g/mol. The number of fused-ring (bicyclic) bond motifs is 1. The quantitative estimate of drug-likeness (QED) is 0.304. The SMILES string of the molecule is CCCCCCCCCc1ccc(-c2ccc3c(n2)CC[C@H](CCCCC)C3)cc1. The fourth-order valence-corrected chi connectivity index (χ4v) is 4.91. The summed E-state index contributed by atoms with van der Waals surface area (Å²) in [6.45, 7) is 4.58. The van der Waals surface area contributed by atoms with Crippen LogP contribution in [0.2, 0.25) is 0 Å². The molecule has 1 aliphatic rings. The lowest BCUT2D eigenvalue weighted by molar-refractivity contribution is 0.404. The van der Waals surface area contributed by atoms with Crippen LogP contribution in [0.4, 0.5) is 0 Å². The van der Waals surface area contributed by atoms with Crippen LogP contribution < -0.4 is 0 Å². The molecule has 0 aliphatic heterocycles. The molecule has 1 heteroatoms. The predicted octanol–water partition coefficient (Wildman–Crippen LogP) is 8.73. The summed E-state index contributed by atoms with van der Waals surface area (Å²) in [6, 6.07) is 13.8. The molecule has 3 rings (SSSR count). The van der Waals surface area contributed by atoms with E-state index in [9.17, 15) is 0 Å². The van der Waals surface area contributed by atoms with E-state index in [0.717, 1.165) is 18.0 Å². The lowest BCUT2D eigenvalue weighted by Gasteiger charge is -2.24. The van der Waals surface area contributed by atoms with Crippen molar-refractivity contribution in [1.29, 1.82) is 0 Å². The van der Waals surface area contributed by atoms with Crippen LogP contribution in [0.15, 0.2) is 36.4 Å². The van der Waals surface area contributed by atoms with E-state index < -0.39 is 0 Å². The van der Waals surface area contributed by atoms with E-state index in [0.29, 0.717) is 0 Å². The number of pyridine rings is 1. The standard InChI is InChI=1S/C29H43N/c1-3-5-7-8-9-10-12-13-24-15-18-26(19-16-24)28-22-20-27-23-25(14-11-6-4-2)17-21-29(27)30-28/h15-16,18-20,22,25H,3-14,17,21,23H2,1-2H3/t25-/m0/s1. The normalized spacial score (nSPS) is 15.9. The topological polar surface area (TPSA) is 12.9 Å². The highest BCUT2D eigenvalue weighted by Crippen LogP contribution is 2.30. The molecule has 1 heterocycles. The summed E-state index contributed by atoms with van der Waals surface area (Å²) in [5, 5.41) is 0. The van der Waals surface area contributed by atoms with Gasteiger partial charge in [0.25, 0.3) is 0 Å². The van der Waals surface area contributed by atoms with E-state index >= 15 is 0 Å². The third kappa shape index (κ3) is 7.25. The molecule has 164 valence electrons. The Morgan fingerprint density at radius 2 is 1.47 bits per heavy atom. The van der Waals surface area contributed by atoms with Gasteiger partial charge in [-0.25, -0.2) is 0 Å². The van der Waals surface area contributed by atoms with Crippen molar-refractivity contribution < 1.29 is 0 Å². The van der Waals surface area contributed by atoms with Gasteiger partial charge in [-0.2, -0.15) is 0 Å². The molecule has 2 aromatic rings. The first kappa shape index (κ1) is 23.0. The van der Waals surface area contributed by atoms with E-state index in [1.54, 1.807) is 0 Å². The largest absolute Gasteiger partial charge is 0.253 e. The Bertz CT molecular complexity index is 731. The van der Waals surface area contributed by atoms with Crippen molar-refractivity contribution in [3.8, 4) is 11.3 Å². The minimum atomic E-state index is 0.877. The fourth-order valence-electron chi connectivity index (χ4n) is 4.91. The van der Waals surface area contributed by atoms with E-state index in [4.69, 9.17) is 4.98 Å². The van der Waals surface area contributed by atoms with Gasteiger partial charge >= 0.3 is 0 Å². The molecule has 1 aliphatic carbocycles. The van der Waals surface area contributed by atoms with Gasteiger partial charge in [0.2, 0.25) is 0 Å². The first-order chi connectivity index (χ1) is 14.8. The molecule has 0 N–H and O–H groups in total. The maximum absolute atomic E-state index is 5.06. The van der Waals surface area contributed by atoms with Gasteiger partial charge in [0.1, 0.15) is 0 Å². The van der Waals surface area contributed by atoms with Crippen molar-refractivity contribution in [3.63, 3.8) is 0 Å². The second-order valence-corrected chi connectivity index (χ2v) is 9.48. The van der Waals surface area contributed by atoms with Crippen molar-refractivity contribution in [3.05, 3.63) is 53.2 Å². The van der Waals surface area contributed by atoms with Gasteiger partial charge in [-0.05, 0) is 55.2 Å². The van der Waals surface area contributed by atoms with Crippen LogP contribution in [0.5, 0.6) is 0 Å². The third-order valence-corrected chi connectivity index (χ3v) is 6.90. The van der Waals surface area contributed by atoms with Crippen molar-refractivity contribution >= 4 is 0 Å². The molecule has 0 bridgehead atoms. The van der Waals surface area contributed by atoms with E-state index in [1.165, 1.54) is 112 Å². The summed E-state index contributed by atoms with van der Waals surface area (Å²) in [5.41, 5.74) is 6.75. The Kier molecular flexibility index (Phi) is 9.93. The minimum Gasteiger partial charge on any atom is -0.253 e. The smallest absolute Gasteiger partial charge is 0.0705 e. The molecule has 1 nitrogen and oxygen atoms in total. The van der Waals surface area contributed by atoms with Crippen LogP contribution in [-0.2, 0) is 19.3 Å². The first-order valence-corrected chi connectivity index (χ1v) is 12.9. The van der Waals surface area contributed by atoms with Crippen LogP contribution in [0, 0.1) is 5.92 Å². The molecule has 0 radical (unpaired) electrons. The first-order valence-electron chi connectivity index (χ1n) is 12.9. The molecule has 30 heavy (non-hydrogen) atoms. The highest BCUT2D eigenvalue weighted by molar-refractivity contribution is 5.60.